The average Bonchev–Trinajstić information content (AvgIpc) is 2.89. The van der Waals surface area contributed by atoms with Gasteiger partial charge in [-0.3, -0.25) is 0 Å². The van der Waals surface area contributed by atoms with Gasteiger partial charge in [0.1, 0.15) is 6.10 Å². The Balaban J connectivity index is 1.90. The third kappa shape index (κ3) is 3.93. The van der Waals surface area contributed by atoms with Crippen LogP contribution in [0.2, 0.25) is 0 Å². The van der Waals surface area contributed by atoms with Gasteiger partial charge >= 0.3 is 0 Å². The molecule has 3 unspecified atom stereocenters. The second kappa shape index (κ2) is 7.46. The predicted octanol–water partition coefficient (Wildman–Crippen LogP) is 1.87. The summed E-state index contributed by atoms with van der Waals surface area (Å²) in [6.07, 6.45) is 5.29. The van der Waals surface area contributed by atoms with Crippen LogP contribution in [0.4, 0.5) is 0 Å². The van der Waals surface area contributed by atoms with Crippen LogP contribution in [0.25, 0.3) is 0 Å². The highest BCUT2D eigenvalue weighted by molar-refractivity contribution is 14.1. The van der Waals surface area contributed by atoms with Gasteiger partial charge in [-0.2, -0.15) is 0 Å². The molecule has 0 amide bonds. The molecule has 0 bridgehead atoms. The molecule has 0 aliphatic carbocycles. The Morgan fingerprint density at radius 3 is 2.78 bits per heavy atom. The van der Waals surface area contributed by atoms with Crippen LogP contribution in [0, 0.1) is 9.85 Å². The van der Waals surface area contributed by atoms with E-state index in [4.69, 9.17) is 18.9 Å². The van der Waals surface area contributed by atoms with E-state index in [-0.39, 0.29) is 24.6 Å². The molecule has 2 rings (SSSR count). The minimum absolute atomic E-state index is 0.0144. The van der Waals surface area contributed by atoms with Crippen molar-refractivity contribution in [3.8, 4) is 9.85 Å². The third-order valence-electron chi connectivity index (χ3n) is 2.99. The third-order valence-corrected chi connectivity index (χ3v) is 3.37. The number of halogens is 1. The van der Waals surface area contributed by atoms with Gasteiger partial charge in [-0.15, -0.1) is 0 Å². The Morgan fingerprint density at radius 1 is 1.33 bits per heavy atom. The van der Waals surface area contributed by atoms with Crippen molar-refractivity contribution in [3.63, 3.8) is 0 Å². The summed E-state index contributed by atoms with van der Waals surface area (Å²) in [5, 5.41) is 0. The summed E-state index contributed by atoms with van der Waals surface area (Å²) in [6, 6.07) is 0. The van der Waals surface area contributed by atoms with Crippen molar-refractivity contribution in [2.45, 2.75) is 37.4 Å². The number of hydrogen-bond donors (Lipinski definition) is 0. The summed E-state index contributed by atoms with van der Waals surface area (Å²) in [7, 11) is 1.69. The van der Waals surface area contributed by atoms with E-state index in [1.54, 1.807) is 7.11 Å². The monoisotopic (exact) mass is 364 g/mol. The molecular weight excluding hydrogens is 347 g/mol. The van der Waals surface area contributed by atoms with Crippen LogP contribution in [-0.2, 0) is 18.9 Å². The van der Waals surface area contributed by atoms with E-state index in [0.29, 0.717) is 19.6 Å². The molecule has 1 fully saturated rings. The first-order valence-electron chi connectivity index (χ1n) is 6.01. The summed E-state index contributed by atoms with van der Waals surface area (Å²) in [6.45, 7) is 1.34. The summed E-state index contributed by atoms with van der Waals surface area (Å²) in [5.41, 5.74) is 0. The normalized spacial score (nSPS) is 32.2. The van der Waals surface area contributed by atoms with Gasteiger partial charge in [-0.25, -0.2) is 0 Å². The zero-order valence-electron chi connectivity index (χ0n) is 10.3. The van der Waals surface area contributed by atoms with E-state index in [1.807, 2.05) is 34.7 Å². The molecule has 0 radical (unpaired) electrons. The highest BCUT2D eigenvalue weighted by Gasteiger charge is 2.29. The summed E-state index contributed by atoms with van der Waals surface area (Å²) < 4.78 is 25.1. The number of ether oxygens (including phenoxy) is 4. The van der Waals surface area contributed by atoms with Crippen molar-refractivity contribution in [1.82, 2.24) is 0 Å². The van der Waals surface area contributed by atoms with E-state index >= 15 is 0 Å². The van der Waals surface area contributed by atoms with Crippen LogP contribution < -0.4 is 0 Å². The molecule has 2 aliphatic rings. The number of rotatable bonds is 4. The van der Waals surface area contributed by atoms with E-state index in [0.717, 1.165) is 6.42 Å². The molecule has 0 aromatic carbocycles. The summed E-state index contributed by atoms with van der Waals surface area (Å²) >= 11 is 2.03. The minimum Gasteiger partial charge on any atom is -0.375 e. The van der Waals surface area contributed by atoms with Gasteiger partial charge in [0.05, 0.1) is 25.4 Å². The second-order valence-corrected chi connectivity index (χ2v) is 4.72. The van der Waals surface area contributed by atoms with E-state index in [1.165, 1.54) is 0 Å². The largest absolute Gasteiger partial charge is 0.375 e. The fourth-order valence-electron chi connectivity index (χ4n) is 2.11. The van der Waals surface area contributed by atoms with Gasteiger partial charge < -0.3 is 18.9 Å². The standard InChI is InChI=1S/C13H17IO4/c1-15-11-5-4-10(9-13-16-7-8-17-13)18-12(11)3-2-6-14/h4-5,10-13H,3,7-9H2,1H3. The minimum atomic E-state index is -0.143. The smallest absolute Gasteiger partial charge is 0.160 e. The SMILES string of the molecule is COC1C=CC(CC2OCCO2)OC1CC#CI. The van der Waals surface area contributed by atoms with Crippen LogP contribution in [0.15, 0.2) is 12.2 Å². The molecule has 0 spiro atoms. The lowest BCUT2D eigenvalue weighted by Gasteiger charge is -2.31. The molecule has 100 valence electrons. The van der Waals surface area contributed by atoms with Gasteiger partial charge in [0.15, 0.2) is 6.29 Å². The molecule has 18 heavy (non-hydrogen) atoms. The first-order valence-corrected chi connectivity index (χ1v) is 7.09. The van der Waals surface area contributed by atoms with E-state index in [2.05, 4.69) is 9.85 Å². The van der Waals surface area contributed by atoms with Crippen molar-refractivity contribution in [1.29, 1.82) is 0 Å². The Hall–Kier alpha value is -0.130. The molecule has 5 heteroatoms. The van der Waals surface area contributed by atoms with E-state index in [9.17, 15) is 0 Å². The summed E-state index contributed by atoms with van der Waals surface area (Å²) in [5.74, 6) is 3.03. The van der Waals surface area contributed by atoms with Gasteiger partial charge in [0.2, 0.25) is 0 Å². The van der Waals surface area contributed by atoms with Crippen molar-refractivity contribution in [3.05, 3.63) is 12.2 Å². The average molecular weight is 364 g/mol. The Labute approximate surface area is 121 Å². The molecule has 2 heterocycles. The van der Waals surface area contributed by atoms with Gasteiger partial charge in [-0.05, 0) is 3.93 Å². The van der Waals surface area contributed by atoms with E-state index < -0.39 is 0 Å². The van der Waals surface area contributed by atoms with Crippen LogP contribution in [0.1, 0.15) is 12.8 Å². The molecule has 3 atom stereocenters. The molecule has 0 aromatic rings. The molecule has 2 aliphatic heterocycles. The Bertz CT molecular complexity index is 341. The summed E-state index contributed by atoms with van der Waals surface area (Å²) in [4.78, 5) is 0. The van der Waals surface area contributed by atoms with Gasteiger partial charge in [-0.1, -0.05) is 18.1 Å². The molecule has 0 N–H and O–H groups in total. The first-order chi connectivity index (χ1) is 8.83. The fraction of sp³-hybridized carbons (Fsp3) is 0.692. The molecule has 0 aromatic heterocycles. The Kier molecular flexibility index (Phi) is 5.92. The van der Waals surface area contributed by atoms with Crippen molar-refractivity contribution >= 4 is 22.6 Å². The zero-order valence-corrected chi connectivity index (χ0v) is 12.5. The lowest BCUT2D eigenvalue weighted by Crippen LogP contribution is -2.37. The van der Waals surface area contributed by atoms with Crippen LogP contribution in [0.3, 0.4) is 0 Å². The predicted molar refractivity (Wildman–Crippen MR) is 75.3 cm³/mol. The maximum absolute atomic E-state index is 5.98. The molecular formula is C13H17IO4. The molecule has 4 nitrogen and oxygen atoms in total. The lowest BCUT2D eigenvalue weighted by molar-refractivity contribution is -0.111. The van der Waals surface area contributed by atoms with Crippen LogP contribution in [0.5, 0.6) is 0 Å². The highest BCUT2D eigenvalue weighted by atomic mass is 127. The Morgan fingerprint density at radius 2 is 2.11 bits per heavy atom. The van der Waals surface area contributed by atoms with Crippen LogP contribution >= 0.6 is 22.6 Å². The maximum atomic E-state index is 5.98. The maximum Gasteiger partial charge on any atom is 0.160 e. The number of methoxy groups -OCH3 is 1. The van der Waals surface area contributed by atoms with Gasteiger partial charge in [0.25, 0.3) is 0 Å². The van der Waals surface area contributed by atoms with Crippen molar-refractivity contribution in [2.24, 2.45) is 0 Å². The van der Waals surface area contributed by atoms with Crippen molar-refractivity contribution in [2.75, 3.05) is 20.3 Å². The molecule has 0 saturated carbocycles. The second-order valence-electron chi connectivity index (χ2n) is 4.18. The van der Waals surface area contributed by atoms with Crippen LogP contribution in [-0.4, -0.2) is 44.9 Å². The van der Waals surface area contributed by atoms with Gasteiger partial charge in [0, 0.05) is 42.5 Å². The quantitative estimate of drug-likeness (QED) is 0.434. The first kappa shape index (κ1) is 14.3. The fourth-order valence-corrected chi connectivity index (χ4v) is 2.33. The van der Waals surface area contributed by atoms with Crippen molar-refractivity contribution < 1.29 is 18.9 Å². The zero-order chi connectivity index (χ0) is 12.8. The number of hydrogen-bond acceptors (Lipinski definition) is 4. The molecule has 1 saturated heterocycles. The topological polar surface area (TPSA) is 36.9 Å². The lowest BCUT2D eigenvalue weighted by atomic mass is 10.0. The highest BCUT2D eigenvalue weighted by Crippen LogP contribution is 2.22.